The standard InChI is InChI=1S/C20H23N3O3S2/c1-13(2)16-6-8-17(9-7-16)22(5)28(25,26)18-10-11-27-19(18)20(24)23-15(4)12-14(3)21-23/h6-13H,1-5H3. The van der Waals surface area contributed by atoms with E-state index in [1.807, 2.05) is 12.1 Å². The molecule has 0 aliphatic rings. The number of carbonyl (C=O) groups excluding carboxylic acids is 1. The fourth-order valence-corrected chi connectivity index (χ4v) is 5.46. The molecule has 0 spiro atoms. The maximum Gasteiger partial charge on any atom is 0.289 e. The second-order valence-electron chi connectivity index (χ2n) is 6.98. The quantitative estimate of drug-likeness (QED) is 0.624. The van der Waals surface area contributed by atoms with Crippen LogP contribution in [0.1, 0.15) is 46.4 Å². The van der Waals surface area contributed by atoms with E-state index in [1.54, 1.807) is 37.4 Å². The normalized spacial score (nSPS) is 11.8. The zero-order chi connectivity index (χ0) is 20.6. The number of aryl methyl sites for hydroxylation is 2. The molecule has 0 amide bonds. The predicted octanol–water partition coefficient (Wildman–Crippen LogP) is 4.20. The molecule has 0 saturated heterocycles. The molecule has 0 saturated carbocycles. The molecule has 1 aromatic carbocycles. The van der Waals surface area contributed by atoms with Crippen LogP contribution in [0.25, 0.3) is 0 Å². The highest BCUT2D eigenvalue weighted by molar-refractivity contribution is 7.93. The average molecular weight is 418 g/mol. The molecule has 0 bridgehead atoms. The van der Waals surface area contributed by atoms with E-state index >= 15 is 0 Å². The van der Waals surface area contributed by atoms with Gasteiger partial charge >= 0.3 is 0 Å². The summed E-state index contributed by atoms with van der Waals surface area (Å²) >= 11 is 1.10. The highest BCUT2D eigenvalue weighted by Gasteiger charge is 2.29. The summed E-state index contributed by atoms with van der Waals surface area (Å²) in [6.07, 6.45) is 0. The van der Waals surface area contributed by atoms with Gasteiger partial charge in [0.25, 0.3) is 15.9 Å². The lowest BCUT2D eigenvalue weighted by atomic mass is 10.0. The van der Waals surface area contributed by atoms with E-state index < -0.39 is 15.9 Å². The molecular formula is C20H23N3O3S2. The third-order valence-electron chi connectivity index (χ3n) is 4.59. The molecular weight excluding hydrogens is 394 g/mol. The molecule has 0 aliphatic carbocycles. The Morgan fingerprint density at radius 1 is 1.14 bits per heavy atom. The molecule has 28 heavy (non-hydrogen) atoms. The molecule has 2 heterocycles. The van der Waals surface area contributed by atoms with Gasteiger partial charge in [-0.3, -0.25) is 9.10 Å². The largest absolute Gasteiger partial charge is 0.289 e. The Hall–Kier alpha value is -2.45. The number of sulfonamides is 1. The lowest BCUT2D eigenvalue weighted by Crippen LogP contribution is -2.28. The second-order valence-corrected chi connectivity index (χ2v) is 9.83. The highest BCUT2D eigenvalue weighted by atomic mass is 32.2. The smallest absolute Gasteiger partial charge is 0.269 e. The second kappa shape index (κ2) is 7.52. The van der Waals surface area contributed by atoms with Crippen LogP contribution in [0.4, 0.5) is 5.69 Å². The summed E-state index contributed by atoms with van der Waals surface area (Å²) in [5.74, 6) is -0.0828. The van der Waals surface area contributed by atoms with Crippen LogP contribution < -0.4 is 4.31 Å². The van der Waals surface area contributed by atoms with Crippen molar-refractivity contribution in [3.05, 3.63) is 63.6 Å². The third kappa shape index (κ3) is 3.62. The molecule has 0 radical (unpaired) electrons. The van der Waals surface area contributed by atoms with Crippen molar-refractivity contribution in [2.75, 3.05) is 11.4 Å². The Bertz CT molecular complexity index is 1110. The van der Waals surface area contributed by atoms with Crippen molar-refractivity contribution < 1.29 is 13.2 Å². The van der Waals surface area contributed by atoms with E-state index in [9.17, 15) is 13.2 Å². The molecule has 0 atom stereocenters. The molecule has 0 N–H and O–H groups in total. The van der Waals surface area contributed by atoms with Crippen LogP contribution in [0.5, 0.6) is 0 Å². The molecule has 8 heteroatoms. The topological polar surface area (TPSA) is 72.3 Å². The number of hydrogen-bond donors (Lipinski definition) is 0. The molecule has 0 aliphatic heterocycles. The van der Waals surface area contributed by atoms with E-state index in [1.165, 1.54) is 22.1 Å². The monoisotopic (exact) mass is 417 g/mol. The van der Waals surface area contributed by atoms with Gasteiger partial charge in [0.1, 0.15) is 9.77 Å². The van der Waals surface area contributed by atoms with Crippen molar-refractivity contribution in [3.8, 4) is 0 Å². The number of anilines is 1. The zero-order valence-electron chi connectivity index (χ0n) is 16.5. The summed E-state index contributed by atoms with van der Waals surface area (Å²) in [6.45, 7) is 7.72. The van der Waals surface area contributed by atoms with Crippen LogP contribution in [0, 0.1) is 13.8 Å². The minimum atomic E-state index is -3.89. The molecule has 0 fully saturated rings. The van der Waals surface area contributed by atoms with E-state index in [2.05, 4.69) is 18.9 Å². The Labute approximate surface area is 169 Å². The Kier molecular flexibility index (Phi) is 5.45. The average Bonchev–Trinajstić information content (AvgIpc) is 3.27. The van der Waals surface area contributed by atoms with Gasteiger partial charge in [0, 0.05) is 12.7 Å². The molecule has 6 nitrogen and oxygen atoms in total. The Balaban J connectivity index is 1.98. The lowest BCUT2D eigenvalue weighted by Gasteiger charge is -2.20. The SMILES string of the molecule is Cc1cc(C)n(C(=O)c2sccc2S(=O)(=O)N(C)c2ccc(C(C)C)cc2)n1. The van der Waals surface area contributed by atoms with Gasteiger partial charge in [-0.15, -0.1) is 11.3 Å². The van der Waals surface area contributed by atoms with Gasteiger partial charge < -0.3 is 0 Å². The van der Waals surface area contributed by atoms with Crippen molar-refractivity contribution in [1.29, 1.82) is 0 Å². The molecule has 2 aromatic heterocycles. The van der Waals surface area contributed by atoms with Crippen LogP contribution >= 0.6 is 11.3 Å². The van der Waals surface area contributed by atoms with Crippen molar-refractivity contribution in [1.82, 2.24) is 9.78 Å². The number of benzene rings is 1. The predicted molar refractivity (Wildman–Crippen MR) is 112 cm³/mol. The number of nitrogens with zero attached hydrogens (tertiary/aromatic N) is 3. The lowest BCUT2D eigenvalue weighted by molar-refractivity contribution is 0.0943. The van der Waals surface area contributed by atoms with Gasteiger partial charge in [0.2, 0.25) is 0 Å². The summed E-state index contributed by atoms with van der Waals surface area (Å²) in [4.78, 5) is 13.1. The number of carbonyl (C=O) groups is 1. The van der Waals surface area contributed by atoms with Gasteiger partial charge in [-0.2, -0.15) is 5.10 Å². The van der Waals surface area contributed by atoms with Crippen LogP contribution in [0.3, 0.4) is 0 Å². The first-order chi connectivity index (χ1) is 13.1. The maximum absolute atomic E-state index is 13.2. The molecule has 3 aromatic rings. The molecule has 148 valence electrons. The summed E-state index contributed by atoms with van der Waals surface area (Å²) in [5.41, 5.74) is 3.04. The summed E-state index contributed by atoms with van der Waals surface area (Å²) < 4.78 is 28.9. The van der Waals surface area contributed by atoms with E-state index in [0.29, 0.717) is 23.0 Å². The van der Waals surface area contributed by atoms with Gasteiger partial charge in [-0.25, -0.2) is 13.1 Å². The minimum Gasteiger partial charge on any atom is -0.269 e. The number of rotatable bonds is 5. The maximum atomic E-state index is 13.2. The number of hydrogen-bond acceptors (Lipinski definition) is 5. The van der Waals surface area contributed by atoms with Crippen LogP contribution in [-0.4, -0.2) is 31.2 Å². The van der Waals surface area contributed by atoms with Gasteiger partial charge in [-0.05, 0) is 55.0 Å². The van der Waals surface area contributed by atoms with Crippen LogP contribution in [0.2, 0.25) is 0 Å². The van der Waals surface area contributed by atoms with E-state index in [-0.39, 0.29) is 9.77 Å². The summed E-state index contributed by atoms with van der Waals surface area (Å²) in [5, 5.41) is 5.80. The summed E-state index contributed by atoms with van der Waals surface area (Å²) in [7, 11) is -2.39. The van der Waals surface area contributed by atoms with Gasteiger partial charge in [0.15, 0.2) is 0 Å². The fourth-order valence-electron chi connectivity index (χ4n) is 2.94. The minimum absolute atomic E-state index is 0.00881. The first kappa shape index (κ1) is 20.3. The molecule has 3 rings (SSSR count). The first-order valence-electron chi connectivity index (χ1n) is 8.87. The number of thiophene rings is 1. The number of aromatic nitrogens is 2. The Morgan fingerprint density at radius 3 is 2.32 bits per heavy atom. The van der Waals surface area contributed by atoms with E-state index in [4.69, 9.17) is 0 Å². The van der Waals surface area contributed by atoms with E-state index in [0.717, 1.165) is 16.9 Å². The summed E-state index contributed by atoms with van der Waals surface area (Å²) in [6, 6.07) is 10.6. The van der Waals surface area contributed by atoms with Gasteiger partial charge in [-0.1, -0.05) is 26.0 Å². The van der Waals surface area contributed by atoms with Crippen molar-refractivity contribution in [3.63, 3.8) is 0 Å². The Morgan fingerprint density at radius 2 is 1.79 bits per heavy atom. The fraction of sp³-hybridized carbons (Fsp3) is 0.300. The van der Waals surface area contributed by atoms with Crippen molar-refractivity contribution in [2.45, 2.75) is 38.5 Å². The third-order valence-corrected chi connectivity index (χ3v) is 7.45. The van der Waals surface area contributed by atoms with Gasteiger partial charge in [0.05, 0.1) is 11.4 Å². The van der Waals surface area contributed by atoms with Crippen LogP contribution in [0.15, 0.2) is 46.7 Å². The van der Waals surface area contributed by atoms with Crippen molar-refractivity contribution in [2.24, 2.45) is 0 Å². The van der Waals surface area contributed by atoms with Crippen molar-refractivity contribution >= 4 is 33.0 Å². The highest BCUT2D eigenvalue weighted by Crippen LogP contribution is 2.29. The first-order valence-corrected chi connectivity index (χ1v) is 11.2. The zero-order valence-corrected chi connectivity index (χ0v) is 18.1. The molecule has 0 unspecified atom stereocenters. The van der Waals surface area contributed by atoms with Crippen LogP contribution in [-0.2, 0) is 10.0 Å².